The highest BCUT2D eigenvalue weighted by atomic mass is 19.2. The van der Waals surface area contributed by atoms with E-state index in [1.807, 2.05) is 0 Å². The van der Waals surface area contributed by atoms with Crippen LogP contribution < -0.4 is 0 Å². The van der Waals surface area contributed by atoms with Crippen LogP contribution in [0.5, 0.6) is 0 Å². The van der Waals surface area contributed by atoms with Crippen LogP contribution in [-0.4, -0.2) is 38.1 Å². The largest absolute Gasteiger partial charge is 0.461 e. The van der Waals surface area contributed by atoms with Crippen LogP contribution in [-0.2, 0) is 23.8 Å². The quantitative estimate of drug-likeness (QED) is 0.484. The number of rotatable bonds is 5. The molecule has 5 nitrogen and oxygen atoms in total. The molecule has 14 heavy (non-hydrogen) atoms. The molecule has 0 atom stereocenters. The van der Waals surface area contributed by atoms with Gasteiger partial charge in [0.2, 0.25) is 0 Å². The Balaban J connectivity index is 4.60. The molecule has 0 N–H and O–H groups in total. The van der Waals surface area contributed by atoms with E-state index in [0.29, 0.717) is 0 Å². The van der Waals surface area contributed by atoms with Crippen LogP contribution in [0.1, 0.15) is 13.8 Å². The summed E-state index contributed by atoms with van der Waals surface area (Å²) in [6, 6.07) is 0. The fourth-order valence-corrected chi connectivity index (χ4v) is 0.698. The average molecular weight is 208 g/mol. The number of hydrogen-bond acceptors (Lipinski definition) is 5. The van der Waals surface area contributed by atoms with Crippen LogP contribution in [0.3, 0.4) is 0 Å². The van der Waals surface area contributed by atoms with Crippen molar-refractivity contribution in [3.05, 3.63) is 0 Å². The Morgan fingerprint density at radius 1 is 1.14 bits per heavy atom. The highest BCUT2D eigenvalue weighted by Gasteiger charge is 2.50. The topological polar surface area (TPSA) is 61.8 Å². The lowest BCUT2D eigenvalue weighted by Crippen LogP contribution is -2.46. The fourth-order valence-electron chi connectivity index (χ4n) is 0.698. The first kappa shape index (κ1) is 12.8. The van der Waals surface area contributed by atoms with Crippen LogP contribution in [0.15, 0.2) is 0 Å². The SMILES string of the molecule is CCOC(=O)C(F)(OC)C(=O)OCC. The van der Waals surface area contributed by atoms with Gasteiger partial charge in [0, 0.05) is 7.11 Å². The highest BCUT2D eigenvalue weighted by molar-refractivity contribution is 6.01. The second-order valence-electron chi connectivity index (χ2n) is 2.24. The Labute approximate surface area is 81.1 Å². The summed E-state index contributed by atoms with van der Waals surface area (Å²) in [4.78, 5) is 22.0. The van der Waals surface area contributed by atoms with E-state index in [1.165, 1.54) is 13.8 Å². The van der Waals surface area contributed by atoms with Gasteiger partial charge in [-0.2, -0.15) is 4.39 Å². The van der Waals surface area contributed by atoms with Crippen LogP contribution in [0.2, 0.25) is 0 Å². The lowest BCUT2D eigenvalue weighted by molar-refractivity contribution is -0.210. The van der Waals surface area contributed by atoms with Crippen LogP contribution in [0.4, 0.5) is 4.39 Å². The van der Waals surface area contributed by atoms with Gasteiger partial charge in [-0.05, 0) is 13.8 Å². The van der Waals surface area contributed by atoms with E-state index < -0.39 is 17.8 Å². The molecule has 82 valence electrons. The number of carbonyl (C=O) groups excluding carboxylic acids is 2. The summed E-state index contributed by atoms with van der Waals surface area (Å²) in [7, 11) is 0.883. The van der Waals surface area contributed by atoms with Crippen molar-refractivity contribution in [2.45, 2.75) is 19.7 Å². The molecule has 6 heteroatoms. The molecule has 0 heterocycles. The first-order chi connectivity index (χ1) is 6.52. The van der Waals surface area contributed by atoms with E-state index in [-0.39, 0.29) is 13.2 Å². The first-order valence-corrected chi connectivity index (χ1v) is 4.11. The Morgan fingerprint density at radius 2 is 1.50 bits per heavy atom. The number of esters is 2. The molecule has 0 saturated heterocycles. The molecule has 0 aliphatic carbocycles. The zero-order valence-electron chi connectivity index (χ0n) is 8.33. The smallest absolute Gasteiger partial charge is 0.404 e. The summed E-state index contributed by atoms with van der Waals surface area (Å²) < 4.78 is 26.3. The minimum absolute atomic E-state index is 0.0483. The molecule has 0 fully saturated rings. The normalized spacial score (nSPS) is 10.9. The third-order valence-corrected chi connectivity index (χ3v) is 1.36. The lowest BCUT2D eigenvalue weighted by atomic mass is 10.3. The number of methoxy groups -OCH3 is 1. The summed E-state index contributed by atoms with van der Waals surface area (Å²) in [6.45, 7) is 2.87. The second-order valence-corrected chi connectivity index (χ2v) is 2.24. The van der Waals surface area contributed by atoms with Gasteiger partial charge in [-0.15, -0.1) is 0 Å². The zero-order valence-corrected chi connectivity index (χ0v) is 8.33. The average Bonchev–Trinajstić information content (AvgIpc) is 2.17. The van der Waals surface area contributed by atoms with Crippen molar-refractivity contribution in [1.29, 1.82) is 0 Å². The molecule has 0 bridgehead atoms. The number of ether oxygens (including phenoxy) is 3. The molecule has 0 aliphatic rings. The van der Waals surface area contributed by atoms with E-state index >= 15 is 0 Å². The molecule has 0 amide bonds. The van der Waals surface area contributed by atoms with Gasteiger partial charge < -0.3 is 14.2 Å². The Hall–Kier alpha value is -1.17. The van der Waals surface area contributed by atoms with E-state index in [4.69, 9.17) is 0 Å². The van der Waals surface area contributed by atoms with Gasteiger partial charge in [0.25, 0.3) is 0 Å². The minimum atomic E-state index is -3.16. The Kier molecular flexibility index (Phi) is 5.07. The van der Waals surface area contributed by atoms with Crippen molar-refractivity contribution >= 4 is 11.9 Å². The number of alkyl halides is 1. The third kappa shape index (κ3) is 2.66. The Morgan fingerprint density at radius 3 is 1.71 bits per heavy atom. The molecule has 0 radical (unpaired) electrons. The molecule has 0 spiro atoms. The summed E-state index contributed by atoms with van der Waals surface area (Å²) >= 11 is 0. The highest BCUT2D eigenvalue weighted by Crippen LogP contribution is 2.16. The lowest BCUT2D eigenvalue weighted by Gasteiger charge is -2.18. The van der Waals surface area contributed by atoms with E-state index in [0.717, 1.165) is 7.11 Å². The van der Waals surface area contributed by atoms with Gasteiger partial charge in [-0.25, -0.2) is 9.59 Å². The molecule has 0 rings (SSSR count). The summed E-state index contributed by atoms with van der Waals surface area (Å²) in [5.41, 5.74) is 0. The third-order valence-electron chi connectivity index (χ3n) is 1.36. The minimum Gasteiger partial charge on any atom is -0.461 e. The van der Waals surface area contributed by atoms with Gasteiger partial charge in [0.05, 0.1) is 13.2 Å². The van der Waals surface area contributed by atoms with Crippen molar-refractivity contribution < 1.29 is 28.2 Å². The monoisotopic (exact) mass is 208 g/mol. The van der Waals surface area contributed by atoms with Gasteiger partial charge in [-0.1, -0.05) is 0 Å². The van der Waals surface area contributed by atoms with Crippen molar-refractivity contribution in [3.8, 4) is 0 Å². The fraction of sp³-hybridized carbons (Fsp3) is 0.750. The maximum absolute atomic E-state index is 13.5. The molecule has 0 aromatic rings. The molecule has 0 aromatic carbocycles. The van der Waals surface area contributed by atoms with E-state index in [2.05, 4.69) is 14.2 Å². The van der Waals surface area contributed by atoms with Crippen LogP contribution in [0.25, 0.3) is 0 Å². The van der Waals surface area contributed by atoms with Crippen molar-refractivity contribution in [1.82, 2.24) is 0 Å². The Bertz CT molecular complexity index is 198. The predicted molar refractivity (Wildman–Crippen MR) is 44.1 cm³/mol. The van der Waals surface area contributed by atoms with Gasteiger partial charge in [0.1, 0.15) is 0 Å². The summed E-state index contributed by atoms with van der Waals surface area (Å²) in [5, 5.41) is 0. The van der Waals surface area contributed by atoms with Crippen LogP contribution >= 0.6 is 0 Å². The van der Waals surface area contributed by atoms with Crippen LogP contribution in [0, 0.1) is 0 Å². The van der Waals surface area contributed by atoms with Gasteiger partial charge in [-0.3, -0.25) is 0 Å². The van der Waals surface area contributed by atoms with E-state index in [1.54, 1.807) is 0 Å². The van der Waals surface area contributed by atoms with E-state index in [9.17, 15) is 14.0 Å². The number of carbonyl (C=O) groups is 2. The number of halogens is 1. The maximum atomic E-state index is 13.5. The van der Waals surface area contributed by atoms with Crippen molar-refractivity contribution in [3.63, 3.8) is 0 Å². The predicted octanol–water partition coefficient (Wildman–Crippen LogP) is 0.425. The first-order valence-electron chi connectivity index (χ1n) is 4.11. The number of hydrogen-bond donors (Lipinski definition) is 0. The molecular formula is C8H13FO5. The molecule has 0 saturated carbocycles. The van der Waals surface area contributed by atoms with Gasteiger partial charge >= 0.3 is 17.8 Å². The second kappa shape index (κ2) is 5.54. The zero-order chi connectivity index (χ0) is 11.2. The molecular weight excluding hydrogens is 195 g/mol. The molecule has 0 aromatic heterocycles. The summed E-state index contributed by atoms with van der Waals surface area (Å²) in [6.07, 6.45) is 0. The van der Waals surface area contributed by atoms with Crippen molar-refractivity contribution in [2.75, 3.05) is 20.3 Å². The summed E-state index contributed by atoms with van der Waals surface area (Å²) in [5.74, 6) is -5.96. The standard InChI is InChI=1S/C8H13FO5/c1-4-13-6(10)8(9,12-3)7(11)14-5-2/h4-5H2,1-3H3. The maximum Gasteiger partial charge on any atom is 0.404 e. The molecule has 0 aliphatic heterocycles. The van der Waals surface area contributed by atoms with Crippen molar-refractivity contribution in [2.24, 2.45) is 0 Å². The molecule has 0 unspecified atom stereocenters. The van der Waals surface area contributed by atoms with Gasteiger partial charge in [0.15, 0.2) is 0 Å².